The number of nitrogens with one attached hydrogen (secondary N) is 4. The van der Waals surface area contributed by atoms with Gasteiger partial charge in [0, 0.05) is 74.8 Å². The largest absolute Gasteiger partial charge is 0.480 e. The molecular formula is C85H84N16O8. The molecular weight excluding hydrogens is 1370 g/mol. The fourth-order valence-corrected chi connectivity index (χ4v) is 13.3. The van der Waals surface area contributed by atoms with Gasteiger partial charge in [-0.2, -0.15) is 0 Å². The number of aryl methyl sites for hydroxylation is 9. The van der Waals surface area contributed by atoms with Gasteiger partial charge in [-0.1, -0.05) is 142 Å². The van der Waals surface area contributed by atoms with Gasteiger partial charge in [-0.25, -0.2) is 19.9 Å². The second-order valence-corrected chi connectivity index (χ2v) is 27.8. The van der Waals surface area contributed by atoms with Crippen LogP contribution in [0.3, 0.4) is 0 Å². The molecule has 0 amide bonds. The quantitative estimate of drug-likeness (QED) is 0.0533. The lowest BCUT2D eigenvalue weighted by Crippen LogP contribution is -2.27. The van der Waals surface area contributed by atoms with Gasteiger partial charge >= 0.3 is 5.97 Å². The molecule has 24 heteroatoms. The van der Waals surface area contributed by atoms with Crippen LogP contribution in [0.4, 0.5) is 23.3 Å². The third kappa shape index (κ3) is 16.0. The van der Waals surface area contributed by atoms with Crippen molar-refractivity contribution in [2.45, 2.75) is 102 Å². The van der Waals surface area contributed by atoms with E-state index in [0.29, 0.717) is 11.5 Å². The first-order chi connectivity index (χ1) is 52.4. The molecule has 0 saturated carbocycles. The van der Waals surface area contributed by atoms with E-state index < -0.39 is 5.97 Å². The number of rotatable bonds is 18. The minimum Gasteiger partial charge on any atom is -0.480 e. The van der Waals surface area contributed by atoms with Gasteiger partial charge in [0.15, 0.2) is 0 Å². The molecule has 0 atom stereocenters. The number of aliphatic carboxylic acids is 1. The normalized spacial score (nSPS) is 11.3. The highest BCUT2D eigenvalue weighted by Gasteiger charge is 2.24. The van der Waals surface area contributed by atoms with Crippen molar-refractivity contribution in [3.05, 3.63) is 240 Å². The molecule has 0 bridgehead atoms. The first-order valence-corrected chi connectivity index (χ1v) is 35.6. The Hall–Kier alpha value is -13.5. The highest BCUT2D eigenvalue weighted by atomic mass is 16.5. The van der Waals surface area contributed by atoms with Gasteiger partial charge in [-0.15, -0.1) is 0 Å². The predicted molar refractivity (Wildman–Crippen MR) is 425 cm³/mol. The van der Waals surface area contributed by atoms with E-state index in [9.17, 15) is 14.4 Å². The van der Waals surface area contributed by atoms with E-state index in [1.807, 2.05) is 215 Å². The van der Waals surface area contributed by atoms with Crippen LogP contribution < -0.4 is 21.3 Å². The lowest BCUT2D eigenvalue weighted by molar-refractivity contribution is -0.135. The number of anilines is 4. The van der Waals surface area contributed by atoms with E-state index in [1.165, 1.54) is 5.56 Å². The van der Waals surface area contributed by atoms with E-state index in [0.717, 1.165) is 170 Å². The van der Waals surface area contributed by atoms with Crippen LogP contribution in [-0.4, -0.2) is 106 Å². The molecule has 552 valence electrons. The Morgan fingerprint density at radius 2 is 0.633 bits per heavy atom. The first kappa shape index (κ1) is 73.8. The second-order valence-electron chi connectivity index (χ2n) is 27.8. The molecule has 5 N–H and O–H groups in total. The number of carbonyl (C=O) groups is 3. The summed E-state index contributed by atoms with van der Waals surface area (Å²) in [7, 11) is 0. The lowest BCUT2D eigenvalue weighted by Gasteiger charge is -2.22. The number of pyridine rings is 4. The van der Waals surface area contributed by atoms with E-state index in [-0.39, 0.29) is 36.7 Å². The Morgan fingerprint density at radius 3 is 0.899 bits per heavy atom. The summed E-state index contributed by atoms with van der Waals surface area (Å²) in [6, 6.07) is 54.1. The monoisotopic (exact) mass is 1460 g/mol. The molecule has 24 nitrogen and oxygen atoms in total. The summed E-state index contributed by atoms with van der Waals surface area (Å²) < 4.78 is 29.0. The number of carboxylic acid groups (broad SMARTS) is 1. The second kappa shape index (κ2) is 31.3. The summed E-state index contributed by atoms with van der Waals surface area (Å²) in [5.41, 5.74) is 23.4. The molecule has 109 heavy (non-hydrogen) atoms. The molecule has 16 rings (SSSR count). The van der Waals surface area contributed by atoms with Crippen molar-refractivity contribution in [2.75, 3.05) is 40.9 Å². The highest BCUT2D eigenvalue weighted by molar-refractivity contribution is 5.87. The average Bonchev–Trinajstić information content (AvgIpc) is 1.66. The molecule has 4 aromatic carbocycles. The van der Waals surface area contributed by atoms with Gasteiger partial charge in [-0.3, -0.25) is 32.0 Å². The summed E-state index contributed by atoms with van der Waals surface area (Å²) in [6.07, 6.45) is 7.85. The van der Waals surface area contributed by atoms with Crippen molar-refractivity contribution < 1.29 is 37.6 Å². The molecule has 16 aromatic rings. The summed E-state index contributed by atoms with van der Waals surface area (Å²) in [6.45, 7) is 27.4. The van der Waals surface area contributed by atoms with Crippen LogP contribution in [0, 0.1) is 62.3 Å². The van der Waals surface area contributed by atoms with Gasteiger partial charge in [0.1, 0.15) is 110 Å². The van der Waals surface area contributed by atoms with Crippen LogP contribution in [0.5, 0.6) is 0 Å². The van der Waals surface area contributed by atoms with E-state index in [1.54, 1.807) is 13.8 Å². The van der Waals surface area contributed by atoms with Crippen LogP contribution >= 0.6 is 0 Å². The highest BCUT2D eigenvalue weighted by Crippen LogP contribution is 2.39. The van der Waals surface area contributed by atoms with Gasteiger partial charge in [0.25, 0.3) is 0 Å². The number of hydrogen-bond acceptors (Lipinski definition) is 19. The fourth-order valence-electron chi connectivity index (χ4n) is 13.3. The van der Waals surface area contributed by atoms with Gasteiger partial charge in [-0.05, 0) is 167 Å². The number of benzene rings is 4. The lowest BCUT2D eigenvalue weighted by atomic mass is 10.0. The van der Waals surface area contributed by atoms with Crippen LogP contribution in [0.25, 0.3) is 112 Å². The standard InChI is InChI=1S/C23H26N4O.2C21H20N4O2.C20H18N4O3/c1-14-7-12-19-24-21(22(27(19)13-14)25-23(4,5)6)18-10-8-17(9-11-18)20-15(2)26-28-16(20)3;2*1-13(26)12-22-21-20(23-18-6-4-5-11-25(18)21)17-9-7-16(8-10-17)19-14(2)24-27-15(19)3;1-12-18(13(2)27-23-12)14-6-8-15(9-7-14)19-20(21-11-17(25)26)24-10-4-3-5-16(24)22-19/h7-13,25H,1-6H3;2*4-11,22H,12H2,1-3H3;3-10,21H,11H2,1-2H3,(H,25,26). The first-order valence-electron chi connectivity index (χ1n) is 35.6. The summed E-state index contributed by atoms with van der Waals surface area (Å²) >= 11 is 0. The number of imidazole rings is 4. The average molecular weight is 1460 g/mol. The Balaban J connectivity index is 0.000000128. The number of carboxylic acids is 1. The molecule has 0 unspecified atom stereocenters. The van der Waals surface area contributed by atoms with Gasteiger partial charge in [0.05, 0.1) is 35.9 Å². The third-order valence-electron chi connectivity index (χ3n) is 18.2. The number of hydrogen-bond donors (Lipinski definition) is 5. The number of fused-ring (bicyclic) bond motifs is 4. The molecule has 0 aliphatic carbocycles. The van der Waals surface area contributed by atoms with Crippen molar-refractivity contribution in [1.82, 2.24) is 58.2 Å². The Bertz CT molecular complexity index is 5470. The molecule has 0 aliphatic rings. The summed E-state index contributed by atoms with van der Waals surface area (Å²) in [4.78, 5) is 53.0. The molecule has 12 heterocycles. The van der Waals surface area contributed by atoms with Crippen LogP contribution in [0.1, 0.15) is 86.0 Å². The maximum Gasteiger partial charge on any atom is 0.322 e. The smallest absolute Gasteiger partial charge is 0.322 e. The summed E-state index contributed by atoms with van der Waals surface area (Å²) in [5, 5.41) is 38.2. The molecule has 0 fully saturated rings. The van der Waals surface area contributed by atoms with Gasteiger partial charge < -0.3 is 44.5 Å². The van der Waals surface area contributed by atoms with Crippen molar-refractivity contribution >= 4 is 63.4 Å². The predicted octanol–water partition coefficient (Wildman–Crippen LogP) is 18.1. The number of carbonyl (C=O) groups excluding carboxylic acids is 2. The Kier molecular flexibility index (Phi) is 21.2. The number of nitrogens with zero attached hydrogens (tertiary/aromatic N) is 12. The molecule has 0 radical (unpaired) electrons. The fraction of sp³-hybridized carbons (Fsp3) is 0.212. The summed E-state index contributed by atoms with van der Waals surface area (Å²) in [5.74, 6) is 5.71. The van der Waals surface area contributed by atoms with E-state index >= 15 is 0 Å². The Labute approximate surface area is 628 Å². The molecule has 0 saturated heterocycles. The molecule has 12 aromatic heterocycles. The van der Waals surface area contributed by atoms with Crippen LogP contribution in [0.15, 0.2) is 207 Å². The minimum absolute atomic E-state index is 0.0700. The zero-order valence-corrected chi connectivity index (χ0v) is 63.2. The topological polar surface area (TPSA) is 293 Å². The maximum atomic E-state index is 11.5. The van der Waals surface area contributed by atoms with Crippen molar-refractivity contribution in [3.63, 3.8) is 0 Å². The maximum absolute atomic E-state index is 11.5. The van der Waals surface area contributed by atoms with E-state index in [4.69, 9.17) is 38.2 Å². The van der Waals surface area contributed by atoms with Crippen LogP contribution in [0.2, 0.25) is 0 Å². The number of aromatic nitrogens is 12. The minimum atomic E-state index is -0.930. The number of ketones is 2. The molecule has 0 aliphatic heterocycles. The molecule has 0 spiro atoms. The Morgan fingerprint density at radius 1 is 0.358 bits per heavy atom. The van der Waals surface area contributed by atoms with Crippen molar-refractivity contribution in [1.29, 1.82) is 0 Å². The zero-order chi connectivity index (χ0) is 76.9. The van der Waals surface area contributed by atoms with E-state index in [2.05, 4.69) is 122 Å². The SMILES string of the molecule is CC(=O)CNc1c(-c2ccc(-c3c(C)noc3C)cc2)nc2ccccn12.CC(=O)CNc1c(-c2ccc(-c3c(C)noc3C)cc2)nc2ccccn12.Cc1ccc2nc(-c3ccc(-c4c(C)noc4C)cc3)c(NC(C)(C)C)n2c1.Cc1noc(C)c1-c1ccc(-c2nc3ccccn3c2NCC(=O)O)cc1. The number of Topliss-reactive ketones (excluding diaryl/α,β-unsaturated/α-hetero) is 2. The van der Waals surface area contributed by atoms with Crippen molar-refractivity contribution in [2.24, 2.45) is 0 Å². The van der Waals surface area contributed by atoms with Crippen molar-refractivity contribution in [3.8, 4) is 89.5 Å². The van der Waals surface area contributed by atoms with Gasteiger partial charge in [0.2, 0.25) is 0 Å². The van der Waals surface area contributed by atoms with Crippen LogP contribution in [-0.2, 0) is 14.4 Å². The zero-order valence-electron chi connectivity index (χ0n) is 63.2. The third-order valence-corrected chi connectivity index (χ3v) is 18.2.